The van der Waals surface area contributed by atoms with Crippen LogP contribution in [0, 0.1) is 12.7 Å². The largest absolute Gasteiger partial charge is 0.398 e. The molecule has 0 aromatic heterocycles. The van der Waals surface area contributed by atoms with Gasteiger partial charge in [0.2, 0.25) is 0 Å². The molecule has 2 aromatic rings. The van der Waals surface area contributed by atoms with Crippen molar-refractivity contribution in [2.45, 2.75) is 11.8 Å². The normalized spacial score (nSPS) is 11.4. The van der Waals surface area contributed by atoms with E-state index in [4.69, 9.17) is 28.9 Å². The van der Waals surface area contributed by atoms with Crippen molar-refractivity contribution in [1.82, 2.24) is 0 Å². The van der Waals surface area contributed by atoms with Gasteiger partial charge in [0.25, 0.3) is 10.0 Å². The van der Waals surface area contributed by atoms with E-state index in [1.54, 1.807) is 6.92 Å². The third-order valence-electron chi connectivity index (χ3n) is 2.78. The minimum Gasteiger partial charge on any atom is -0.398 e. The van der Waals surface area contributed by atoms with Gasteiger partial charge in [-0.25, -0.2) is 12.8 Å². The molecule has 21 heavy (non-hydrogen) atoms. The first kappa shape index (κ1) is 15.9. The van der Waals surface area contributed by atoms with Crippen LogP contribution in [-0.4, -0.2) is 8.42 Å². The van der Waals surface area contributed by atoms with Crippen LogP contribution < -0.4 is 10.5 Å². The Kier molecular flexibility index (Phi) is 4.32. The highest BCUT2D eigenvalue weighted by atomic mass is 35.5. The van der Waals surface area contributed by atoms with Crippen LogP contribution in [0.5, 0.6) is 0 Å². The maximum absolute atomic E-state index is 13.1. The van der Waals surface area contributed by atoms with Crippen LogP contribution in [0.2, 0.25) is 10.0 Å². The number of anilines is 2. The van der Waals surface area contributed by atoms with Crippen molar-refractivity contribution in [2.24, 2.45) is 0 Å². The third-order valence-corrected chi connectivity index (χ3v) is 4.92. The molecule has 0 bridgehead atoms. The van der Waals surface area contributed by atoms with E-state index >= 15 is 0 Å². The number of nitrogens with two attached hydrogens (primary N) is 1. The first-order chi connectivity index (χ1) is 9.70. The lowest BCUT2D eigenvalue weighted by Crippen LogP contribution is -2.14. The predicted octanol–water partition coefficient (Wildman–Crippen LogP) is 3.82. The van der Waals surface area contributed by atoms with Crippen LogP contribution in [0.3, 0.4) is 0 Å². The Hall–Kier alpha value is -1.50. The van der Waals surface area contributed by atoms with Gasteiger partial charge in [-0.2, -0.15) is 0 Å². The van der Waals surface area contributed by atoms with E-state index in [0.717, 1.165) is 6.07 Å². The first-order valence-electron chi connectivity index (χ1n) is 5.74. The van der Waals surface area contributed by atoms with Crippen molar-refractivity contribution >= 4 is 44.6 Å². The van der Waals surface area contributed by atoms with Crippen molar-refractivity contribution in [1.29, 1.82) is 0 Å². The molecule has 0 radical (unpaired) electrons. The van der Waals surface area contributed by atoms with Crippen molar-refractivity contribution in [3.63, 3.8) is 0 Å². The SMILES string of the molecule is Cc1cc(Cl)c(S(=O)(=O)Nc2ccc(F)c(Cl)c2)cc1N. The molecular weight excluding hydrogens is 338 g/mol. The van der Waals surface area contributed by atoms with Crippen molar-refractivity contribution in [2.75, 3.05) is 10.5 Å². The highest BCUT2D eigenvalue weighted by Crippen LogP contribution is 2.29. The molecule has 0 unspecified atom stereocenters. The molecule has 2 rings (SSSR count). The summed E-state index contributed by atoms with van der Waals surface area (Å²) in [5, 5.41) is -0.146. The fourth-order valence-electron chi connectivity index (χ4n) is 1.64. The van der Waals surface area contributed by atoms with Gasteiger partial charge in [0.15, 0.2) is 0 Å². The molecule has 0 aliphatic carbocycles. The Morgan fingerprint density at radius 1 is 1.14 bits per heavy atom. The molecular formula is C13H11Cl2FN2O2S. The Bertz CT molecular complexity index is 810. The van der Waals surface area contributed by atoms with Crippen molar-refractivity contribution < 1.29 is 12.8 Å². The number of sulfonamides is 1. The quantitative estimate of drug-likeness (QED) is 0.828. The molecule has 112 valence electrons. The van der Waals surface area contributed by atoms with E-state index in [0.29, 0.717) is 11.3 Å². The van der Waals surface area contributed by atoms with Crippen LogP contribution in [0.1, 0.15) is 5.56 Å². The van der Waals surface area contributed by atoms with Gasteiger partial charge in [-0.1, -0.05) is 23.2 Å². The van der Waals surface area contributed by atoms with E-state index in [2.05, 4.69) is 4.72 Å². The average Bonchev–Trinajstić information content (AvgIpc) is 2.37. The van der Waals surface area contributed by atoms with Gasteiger partial charge in [-0.15, -0.1) is 0 Å². The minimum atomic E-state index is -3.96. The maximum atomic E-state index is 13.1. The summed E-state index contributed by atoms with van der Waals surface area (Å²) < 4.78 is 39.9. The summed E-state index contributed by atoms with van der Waals surface area (Å²) in [6, 6.07) is 6.21. The van der Waals surface area contributed by atoms with Crippen molar-refractivity contribution in [3.8, 4) is 0 Å². The average molecular weight is 349 g/mol. The van der Waals surface area contributed by atoms with E-state index in [1.807, 2.05) is 0 Å². The zero-order chi connectivity index (χ0) is 15.8. The summed E-state index contributed by atoms with van der Waals surface area (Å²) in [4.78, 5) is -0.160. The van der Waals surface area contributed by atoms with Gasteiger partial charge >= 0.3 is 0 Å². The second kappa shape index (κ2) is 5.71. The molecule has 0 aliphatic heterocycles. The fraction of sp³-hybridized carbons (Fsp3) is 0.0769. The second-order valence-corrected chi connectivity index (χ2v) is 6.84. The Morgan fingerprint density at radius 2 is 1.81 bits per heavy atom. The monoisotopic (exact) mass is 348 g/mol. The standard InChI is InChI=1S/C13H11Cl2FN2O2S/c1-7-4-10(15)13(6-12(7)17)21(19,20)18-8-2-3-11(16)9(14)5-8/h2-6,18H,17H2,1H3. The molecule has 0 saturated carbocycles. The van der Waals surface area contributed by atoms with Crippen LogP contribution >= 0.6 is 23.2 Å². The van der Waals surface area contributed by atoms with Gasteiger partial charge in [-0.05, 0) is 42.8 Å². The number of hydrogen-bond donors (Lipinski definition) is 2. The lowest BCUT2D eigenvalue weighted by molar-refractivity contribution is 0.601. The molecule has 0 atom stereocenters. The molecule has 0 heterocycles. The summed E-state index contributed by atoms with van der Waals surface area (Å²) in [5.41, 5.74) is 6.80. The summed E-state index contributed by atoms with van der Waals surface area (Å²) in [7, 11) is -3.96. The van der Waals surface area contributed by atoms with Gasteiger partial charge in [0.1, 0.15) is 10.7 Å². The number of aryl methyl sites for hydroxylation is 1. The molecule has 0 spiro atoms. The van der Waals surface area contributed by atoms with E-state index < -0.39 is 15.8 Å². The number of halogens is 3. The summed E-state index contributed by atoms with van der Waals surface area (Å²) in [6.07, 6.45) is 0. The number of hydrogen-bond acceptors (Lipinski definition) is 3. The summed E-state index contributed by atoms with van der Waals surface area (Å²) in [6.45, 7) is 1.71. The topological polar surface area (TPSA) is 72.2 Å². The van der Waals surface area contributed by atoms with E-state index in [1.165, 1.54) is 24.3 Å². The smallest absolute Gasteiger partial charge is 0.263 e. The van der Waals surface area contributed by atoms with Crippen LogP contribution in [0.15, 0.2) is 35.2 Å². The van der Waals surface area contributed by atoms with Crippen LogP contribution in [0.4, 0.5) is 15.8 Å². The number of nitrogens with one attached hydrogen (secondary N) is 1. The molecule has 0 saturated heterocycles. The molecule has 3 N–H and O–H groups in total. The predicted molar refractivity (Wildman–Crippen MR) is 82.8 cm³/mol. The Labute approximate surface area is 131 Å². The van der Waals surface area contributed by atoms with Gasteiger partial charge in [0, 0.05) is 5.69 Å². The van der Waals surface area contributed by atoms with Crippen LogP contribution in [0.25, 0.3) is 0 Å². The Balaban J connectivity index is 2.43. The second-order valence-electron chi connectivity index (χ2n) is 4.37. The molecule has 8 heteroatoms. The van der Waals surface area contributed by atoms with Gasteiger partial charge in [0.05, 0.1) is 15.7 Å². The maximum Gasteiger partial charge on any atom is 0.263 e. The number of nitrogen functional groups attached to an aromatic ring is 1. The zero-order valence-electron chi connectivity index (χ0n) is 10.8. The fourth-order valence-corrected chi connectivity index (χ4v) is 3.49. The molecule has 0 aliphatic rings. The van der Waals surface area contributed by atoms with Crippen molar-refractivity contribution in [3.05, 3.63) is 51.8 Å². The van der Waals surface area contributed by atoms with Gasteiger partial charge in [-0.3, -0.25) is 4.72 Å². The number of rotatable bonds is 3. The summed E-state index contributed by atoms with van der Waals surface area (Å²) >= 11 is 11.6. The first-order valence-corrected chi connectivity index (χ1v) is 7.98. The lowest BCUT2D eigenvalue weighted by atomic mass is 10.2. The molecule has 0 fully saturated rings. The van der Waals surface area contributed by atoms with E-state index in [9.17, 15) is 12.8 Å². The minimum absolute atomic E-state index is 0.0439. The third kappa shape index (κ3) is 3.40. The molecule has 4 nitrogen and oxygen atoms in total. The number of benzene rings is 2. The zero-order valence-corrected chi connectivity index (χ0v) is 13.2. The van der Waals surface area contributed by atoms with E-state index in [-0.39, 0.29) is 20.6 Å². The molecule has 2 aromatic carbocycles. The van der Waals surface area contributed by atoms with Gasteiger partial charge < -0.3 is 5.73 Å². The summed E-state index contributed by atoms with van der Waals surface area (Å²) in [5.74, 6) is -0.641. The lowest BCUT2D eigenvalue weighted by Gasteiger charge is -2.11. The van der Waals surface area contributed by atoms with Crippen LogP contribution in [-0.2, 0) is 10.0 Å². The Morgan fingerprint density at radius 3 is 2.43 bits per heavy atom. The highest BCUT2D eigenvalue weighted by Gasteiger charge is 2.20. The highest BCUT2D eigenvalue weighted by molar-refractivity contribution is 7.92. The molecule has 0 amide bonds.